The van der Waals surface area contributed by atoms with Gasteiger partial charge in [0.15, 0.2) is 0 Å². The van der Waals surface area contributed by atoms with Gasteiger partial charge in [-0.15, -0.1) is 0 Å². The molecule has 3 aromatic rings. The molecule has 1 fully saturated rings. The van der Waals surface area contributed by atoms with Crippen molar-refractivity contribution in [1.82, 2.24) is 5.32 Å². The van der Waals surface area contributed by atoms with Crippen LogP contribution in [0.2, 0.25) is 0 Å². The van der Waals surface area contributed by atoms with Crippen molar-refractivity contribution in [2.24, 2.45) is 5.92 Å². The van der Waals surface area contributed by atoms with Gasteiger partial charge >= 0.3 is 0 Å². The van der Waals surface area contributed by atoms with Crippen LogP contribution < -0.4 is 5.32 Å². The van der Waals surface area contributed by atoms with E-state index in [0.717, 1.165) is 36.1 Å². The average Bonchev–Trinajstić information content (AvgIpc) is 2.97. The zero-order valence-corrected chi connectivity index (χ0v) is 22.2. The molecular formula is C32H41NO5. The molecule has 4 rings (SSSR count). The number of aliphatic hydroxyl groups excluding tert-OH is 2. The molecule has 0 saturated heterocycles. The molecule has 0 heterocycles. The van der Waals surface area contributed by atoms with Crippen LogP contribution in [0.5, 0.6) is 0 Å². The predicted molar refractivity (Wildman–Crippen MR) is 148 cm³/mol. The van der Waals surface area contributed by atoms with Gasteiger partial charge < -0.3 is 29.7 Å². The Hall–Kier alpha value is -2.58. The number of hydrogen-bond acceptors (Lipinski definition) is 6. The highest BCUT2D eigenvalue weighted by Gasteiger charge is 2.52. The summed E-state index contributed by atoms with van der Waals surface area (Å²) in [5, 5.41) is 25.7. The molecule has 0 radical (unpaired) electrons. The Morgan fingerprint density at radius 3 is 1.55 bits per heavy atom. The highest BCUT2D eigenvalue weighted by Crippen LogP contribution is 2.34. The van der Waals surface area contributed by atoms with Crippen LogP contribution in [0, 0.1) is 5.92 Å². The highest BCUT2D eigenvalue weighted by molar-refractivity contribution is 5.16. The van der Waals surface area contributed by atoms with E-state index in [4.69, 9.17) is 14.2 Å². The third-order valence-corrected chi connectivity index (χ3v) is 7.21. The lowest BCUT2D eigenvalue weighted by atomic mass is 9.76. The van der Waals surface area contributed by atoms with E-state index in [2.05, 4.69) is 12.2 Å². The first-order valence-electron chi connectivity index (χ1n) is 13.7. The maximum atomic E-state index is 11.6. The minimum Gasteiger partial charge on any atom is -0.396 e. The molecule has 204 valence electrons. The van der Waals surface area contributed by atoms with Crippen LogP contribution in [-0.4, -0.2) is 53.8 Å². The largest absolute Gasteiger partial charge is 0.396 e. The Labute approximate surface area is 226 Å². The van der Waals surface area contributed by atoms with E-state index < -0.39 is 30.5 Å². The van der Waals surface area contributed by atoms with Gasteiger partial charge in [0, 0.05) is 12.0 Å². The molecule has 1 saturated carbocycles. The van der Waals surface area contributed by atoms with Crippen LogP contribution in [0.25, 0.3) is 0 Å². The second-order valence-corrected chi connectivity index (χ2v) is 9.95. The van der Waals surface area contributed by atoms with Gasteiger partial charge in [-0.1, -0.05) is 104 Å². The van der Waals surface area contributed by atoms with Crippen molar-refractivity contribution in [1.29, 1.82) is 0 Å². The number of unbranched alkanes of at least 4 members (excludes halogenated alkanes) is 1. The Balaban J connectivity index is 1.62. The van der Waals surface area contributed by atoms with Gasteiger partial charge in [0.1, 0.15) is 12.2 Å². The van der Waals surface area contributed by atoms with Gasteiger partial charge in [-0.2, -0.15) is 0 Å². The lowest BCUT2D eigenvalue weighted by Crippen LogP contribution is -2.67. The van der Waals surface area contributed by atoms with Crippen molar-refractivity contribution < 1.29 is 24.4 Å². The number of benzene rings is 3. The summed E-state index contributed by atoms with van der Waals surface area (Å²) in [7, 11) is 0. The molecule has 0 unspecified atom stereocenters. The lowest BCUT2D eigenvalue weighted by molar-refractivity contribution is -0.231. The molecule has 6 nitrogen and oxygen atoms in total. The summed E-state index contributed by atoms with van der Waals surface area (Å²) < 4.78 is 19.4. The fraction of sp³-hybridized carbons (Fsp3) is 0.438. The van der Waals surface area contributed by atoms with E-state index in [1.165, 1.54) is 0 Å². The first-order chi connectivity index (χ1) is 18.7. The zero-order chi connectivity index (χ0) is 26.6. The van der Waals surface area contributed by atoms with Crippen LogP contribution in [-0.2, 0) is 34.0 Å². The van der Waals surface area contributed by atoms with Crippen molar-refractivity contribution in [3.05, 3.63) is 108 Å². The van der Waals surface area contributed by atoms with Crippen molar-refractivity contribution in [3.8, 4) is 0 Å². The van der Waals surface area contributed by atoms with Gasteiger partial charge in [-0.3, -0.25) is 0 Å². The zero-order valence-electron chi connectivity index (χ0n) is 22.2. The molecule has 38 heavy (non-hydrogen) atoms. The van der Waals surface area contributed by atoms with Gasteiger partial charge in [-0.05, 0) is 29.7 Å². The summed E-state index contributed by atoms with van der Waals surface area (Å²) in [4.78, 5) is 0. The maximum absolute atomic E-state index is 11.6. The normalized spacial score (nSPS) is 25.3. The summed E-state index contributed by atoms with van der Waals surface area (Å²) in [6, 6.07) is 29.5. The van der Waals surface area contributed by atoms with Crippen LogP contribution in [0.15, 0.2) is 91.0 Å². The molecule has 1 aliphatic rings. The number of hydrogen-bond donors (Lipinski definition) is 3. The second-order valence-electron chi connectivity index (χ2n) is 9.95. The molecular weight excluding hydrogens is 478 g/mol. The molecule has 6 heteroatoms. The summed E-state index contributed by atoms with van der Waals surface area (Å²) >= 11 is 0. The number of ether oxygens (including phenoxy) is 3. The topological polar surface area (TPSA) is 80.2 Å². The summed E-state index contributed by atoms with van der Waals surface area (Å²) in [6.45, 7) is 3.78. The quantitative estimate of drug-likeness (QED) is 0.273. The Morgan fingerprint density at radius 1 is 0.658 bits per heavy atom. The second kappa shape index (κ2) is 15.1. The maximum Gasteiger partial charge on any atom is 0.114 e. The van der Waals surface area contributed by atoms with Crippen molar-refractivity contribution in [2.75, 3.05) is 13.2 Å². The summed E-state index contributed by atoms with van der Waals surface area (Å²) in [5.74, 6) is -0.372. The first-order valence-corrected chi connectivity index (χ1v) is 13.7. The third kappa shape index (κ3) is 7.73. The van der Waals surface area contributed by atoms with E-state index in [0.29, 0.717) is 19.8 Å². The molecule has 0 amide bonds. The van der Waals surface area contributed by atoms with E-state index in [1.807, 2.05) is 91.0 Å². The molecule has 6 atom stereocenters. The standard InChI is InChI=1S/C32H41NO5/c1-2-3-19-33-28-27(20-34)30(36-21-24-13-7-4-8-14-24)32(38-23-26-17-11-6-12-18-26)31(29(28)35)37-22-25-15-9-5-10-16-25/h4-18,27-35H,2-3,19-23H2,1H3/t27-,28-,29+,30+,31-,32-/m0/s1. The first kappa shape index (κ1) is 28.4. The molecule has 0 bridgehead atoms. The minimum atomic E-state index is -0.884. The third-order valence-electron chi connectivity index (χ3n) is 7.21. The summed E-state index contributed by atoms with van der Waals surface area (Å²) in [6.07, 6.45) is -0.608. The van der Waals surface area contributed by atoms with Crippen molar-refractivity contribution >= 4 is 0 Å². The van der Waals surface area contributed by atoms with E-state index in [-0.39, 0.29) is 12.5 Å². The predicted octanol–water partition coefficient (Wildman–Crippen LogP) is 4.48. The molecule has 0 aliphatic heterocycles. The Morgan fingerprint density at radius 2 is 1.11 bits per heavy atom. The average molecular weight is 520 g/mol. The van der Waals surface area contributed by atoms with Gasteiger partial charge in [-0.25, -0.2) is 0 Å². The van der Waals surface area contributed by atoms with E-state index in [1.54, 1.807) is 0 Å². The number of rotatable bonds is 14. The highest BCUT2D eigenvalue weighted by atomic mass is 16.6. The monoisotopic (exact) mass is 519 g/mol. The Kier molecular flexibility index (Phi) is 11.3. The summed E-state index contributed by atoms with van der Waals surface area (Å²) in [5.41, 5.74) is 3.08. The van der Waals surface area contributed by atoms with Crippen molar-refractivity contribution in [2.45, 2.75) is 70.0 Å². The van der Waals surface area contributed by atoms with Gasteiger partial charge in [0.25, 0.3) is 0 Å². The Bertz CT molecular complexity index is 1040. The van der Waals surface area contributed by atoms with Crippen LogP contribution in [0.1, 0.15) is 36.5 Å². The smallest absolute Gasteiger partial charge is 0.114 e. The molecule has 3 aromatic carbocycles. The van der Waals surface area contributed by atoms with Crippen LogP contribution in [0.3, 0.4) is 0 Å². The molecule has 0 aromatic heterocycles. The van der Waals surface area contributed by atoms with Crippen LogP contribution >= 0.6 is 0 Å². The fourth-order valence-corrected chi connectivity index (χ4v) is 5.12. The fourth-order valence-electron chi connectivity index (χ4n) is 5.12. The molecule has 1 aliphatic carbocycles. The minimum absolute atomic E-state index is 0.142. The number of nitrogens with one attached hydrogen (secondary N) is 1. The lowest BCUT2D eigenvalue weighted by Gasteiger charge is -2.49. The van der Waals surface area contributed by atoms with Gasteiger partial charge in [0.05, 0.1) is 38.6 Å². The molecule has 0 spiro atoms. The number of aliphatic hydroxyl groups is 2. The SMILES string of the molecule is CCCCN[C@@H]1[C@@H](O)[C@H](OCc2ccccc2)[C@@H](OCc2ccccc2)[C@H](OCc2ccccc2)[C@H]1CO. The van der Waals surface area contributed by atoms with E-state index >= 15 is 0 Å². The van der Waals surface area contributed by atoms with Crippen molar-refractivity contribution in [3.63, 3.8) is 0 Å². The van der Waals surface area contributed by atoms with Gasteiger partial charge in [0.2, 0.25) is 0 Å². The van der Waals surface area contributed by atoms with Crippen LogP contribution in [0.4, 0.5) is 0 Å². The van der Waals surface area contributed by atoms with E-state index in [9.17, 15) is 10.2 Å². The molecule has 3 N–H and O–H groups in total.